The maximum atomic E-state index is 13.0. The van der Waals surface area contributed by atoms with Crippen LogP contribution in [0.3, 0.4) is 0 Å². The first kappa shape index (κ1) is 26.7. The normalized spacial score (nSPS) is 18.1. The first-order valence-corrected chi connectivity index (χ1v) is 14.0. The fourth-order valence-corrected chi connectivity index (χ4v) is 5.85. The van der Waals surface area contributed by atoms with Crippen molar-refractivity contribution in [3.63, 3.8) is 0 Å². The highest BCUT2D eigenvalue weighted by Crippen LogP contribution is 2.26. The monoisotopic (exact) mass is 494 g/mol. The van der Waals surface area contributed by atoms with Gasteiger partial charge in [0.15, 0.2) is 0 Å². The van der Waals surface area contributed by atoms with Gasteiger partial charge in [-0.3, -0.25) is 19.5 Å². The van der Waals surface area contributed by atoms with Crippen LogP contribution in [0.4, 0.5) is 0 Å². The summed E-state index contributed by atoms with van der Waals surface area (Å²) in [6.07, 6.45) is 12.3. The molecule has 0 bridgehead atoms. The molecule has 1 saturated carbocycles. The van der Waals surface area contributed by atoms with Gasteiger partial charge < -0.3 is 10.1 Å². The van der Waals surface area contributed by atoms with Gasteiger partial charge in [-0.25, -0.2) is 8.42 Å². The van der Waals surface area contributed by atoms with Crippen molar-refractivity contribution in [2.24, 2.45) is 0 Å². The molecule has 190 valence electrons. The Morgan fingerprint density at radius 1 is 1.24 bits per heavy atom. The number of pyridine rings is 1. The molecule has 1 amide bonds. The Hall–Kier alpha value is -1.85. The van der Waals surface area contributed by atoms with E-state index in [1.807, 2.05) is 12.1 Å². The molecule has 0 aromatic carbocycles. The van der Waals surface area contributed by atoms with Crippen LogP contribution in [0.1, 0.15) is 50.5 Å². The molecule has 1 aromatic heterocycles. The summed E-state index contributed by atoms with van der Waals surface area (Å²) < 4.78 is 32.8. The van der Waals surface area contributed by atoms with Gasteiger partial charge >= 0.3 is 0 Å². The maximum absolute atomic E-state index is 13.0. The van der Waals surface area contributed by atoms with E-state index in [1.54, 1.807) is 18.5 Å². The van der Waals surface area contributed by atoms with Crippen LogP contribution in [-0.4, -0.2) is 86.5 Å². The van der Waals surface area contributed by atoms with Crippen LogP contribution in [0.2, 0.25) is 0 Å². The van der Waals surface area contributed by atoms with E-state index in [0.717, 1.165) is 57.2 Å². The van der Waals surface area contributed by atoms with Gasteiger partial charge in [0.2, 0.25) is 15.9 Å². The number of hydrogen-bond acceptors (Lipinski definition) is 7. The lowest BCUT2D eigenvalue weighted by molar-refractivity contribution is -0.118. The van der Waals surface area contributed by atoms with Gasteiger partial charge in [-0.15, -0.1) is 0 Å². The summed E-state index contributed by atoms with van der Waals surface area (Å²) in [5.41, 5.74) is 0.863. The SMILES string of the molecule is O=C(C=Cc1cccnc1)NCCCCCS(=O)(=O)N(OCCN1CCOCC1)C1CCCC1. The molecule has 0 unspecified atom stereocenters. The molecule has 1 N–H and O–H groups in total. The Balaban J connectivity index is 1.35. The highest BCUT2D eigenvalue weighted by Gasteiger charge is 2.33. The van der Waals surface area contributed by atoms with E-state index in [9.17, 15) is 13.2 Å². The molecule has 10 heteroatoms. The Bertz CT molecular complexity index is 853. The summed E-state index contributed by atoms with van der Waals surface area (Å²) in [4.78, 5) is 24.0. The molecule has 1 aliphatic carbocycles. The molecule has 3 rings (SSSR count). The standard InChI is InChI=1S/C24H38N4O5S/c29-24(11-10-22-7-6-12-25-21-22)26-13-4-1-5-20-34(30,31)28(23-8-2-3-9-23)33-19-16-27-14-17-32-18-15-27/h6-7,10-12,21,23H,1-5,8-9,13-20H2,(H,26,29). The predicted molar refractivity (Wildman–Crippen MR) is 131 cm³/mol. The minimum absolute atomic E-state index is 0.0550. The molecule has 0 radical (unpaired) electrons. The van der Waals surface area contributed by atoms with Crippen LogP contribution < -0.4 is 5.32 Å². The molecular weight excluding hydrogens is 456 g/mol. The summed E-state index contributed by atoms with van der Waals surface area (Å²) in [6, 6.07) is 3.63. The second-order valence-electron chi connectivity index (χ2n) is 8.77. The fourth-order valence-electron chi connectivity index (χ4n) is 4.21. The molecule has 9 nitrogen and oxygen atoms in total. The van der Waals surface area contributed by atoms with Crippen LogP contribution >= 0.6 is 0 Å². The number of nitrogens with zero attached hydrogens (tertiary/aromatic N) is 3. The zero-order valence-electron chi connectivity index (χ0n) is 19.9. The van der Waals surface area contributed by atoms with Crippen molar-refractivity contribution < 1.29 is 22.8 Å². The highest BCUT2D eigenvalue weighted by atomic mass is 32.2. The van der Waals surface area contributed by atoms with Gasteiger partial charge in [0.1, 0.15) is 0 Å². The van der Waals surface area contributed by atoms with Crippen molar-refractivity contribution in [2.45, 2.75) is 51.0 Å². The van der Waals surface area contributed by atoms with Crippen LogP contribution in [0.5, 0.6) is 0 Å². The number of unbranched alkanes of at least 4 members (excludes halogenated alkanes) is 2. The van der Waals surface area contributed by atoms with E-state index in [1.165, 1.54) is 10.5 Å². The third-order valence-electron chi connectivity index (χ3n) is 6.12. The van der Waals surface area contributed by atoms with Crippen molar-refractivity contribution >= 4 is 22.0 Å². The summed E-state index contributed by atoms with van der Waals surface area (Å²) in [5.74, 6) is -0.104. The van der Waals surface area contributed by atoms with Gasteiger partial charge in [0.25, 0.3) is 0 Å². The van der Waals surface area contributed by atoms with Gasteiger partial charge in [-0.05, 0) is 43.4 Å². The molecule has 0 atom stereocenters. The number of carbonyl (C=O) groups excluding carboxylic acids is 1. The van der Waals surface area contributed by atoms with Crippen molar-refractivity contribution in [2.75, 3.05) is 51.8 Å². The number of morpholine rings is 1. The topological polar surface area (TPSA) is 101 Å². The molecule has 1 aliphatic heterocycles. The lowest BCUT2D eigenvalue weighted by atomic mass is 10.2. The molecule has 2 aliphatic rings. The minimum Gasteiger partial charge on any atom is -0.379 e. The smallest absolute Gasteiger partial charge is 0.243 e. The van der Waals surface area contributed by atoms with Gasteiger partial charge in [0, 0.05) is 44.6 Å². The van der Waals surface area contributed by atoms with Crippen LogP contribution in [-0.2, 0) is 24.4 Å². The van der Waals surface area contributed by atoms with Crippen molar-refractivity contribution in [1.82, 2.24) is 19.7 Å². The van der Waals surface area contributed by atoms with E-state index in [2.05, 4.69) is 15.2 Å². The maximum Gasteiger partial charge on any atom is 0.243 e. The largest absolute Gasteiger partial charge is 0.379 e. The highest BCUT2D eigenvalue weighted by molar-refractivity contribution is 7.88. The summed E-state index contributed by atoms with van der Waals surface area (Å²) in [7, 11) is -3.49. The molecule has 2 fully saturated rings. The molecule has 1 aromatic rings. The number of rotatable bonds is 14. The third-order valence-corrected chi connectivity index (χ3v) is 7.87. The lowest BCUT2D eigenvalue weighted by Gasteiger charge is -2.30. The van der Waals surface area contributed by atoms with Crippen molar-refractivity contribution in [3.8, 4) is 0 Å². The van der Waals surface area contributed by atoms with E-state index < -0.39 is 10.0 Å². The molecule has 0 spiro atoms. The number of hydrogen-bond donors (Lipinski definition) is 1. The minimum atomic E-state index is -3.49. The first-order chi connectivity index (χ1) is 16.5. The summed E-state index contributed by atoms with van der Waals surface area (Å²) in [6.45, 7) is 4.73. The van der Waals surface area contributed by atoms with E-state index in [4.69, 9.17) is 9.57 Å². The summed E-state index contributed by atoms with van der Waals surface area (Å²) >= 11 is 0. The van der Waals surface area contributed by atoms with Crippen LogP contribution in [0, 0.1) is 0 Å². The predicted octanol–water partition coefficient (Wildman–Crippen LogP) is 2.22. The number of ether oxygens (including phenoxy) is 1. The molecular formula is C24H38N4O5S. The third kappa shape index (κ3) is 9.42. The van der Waals surface area contributed by atoms with Crippen molar-refractivity contribution in [1.29, 1.82) is 0 Å². The van der Waals surface area contributed by atoms with Crippen LogP contribution in [0.15, 0.2) is 30.6 Å². The Labute approximate surface area is 203 Å². The number of hydroxylamine groups is 1. The van der Waals surface area contributed by atoms with E-state index in [-0.39, 0.29) is 17.7 Å². The zero-order chi connectivity index (χ0) is 24.1. The average Bonchev–Trinajstić information content (AvgIpc) is 3.38. The molecule has 2 heterocycles. The quantitative estimate of drug-likeness (QED) is 0.240. The Morgan fingerprint density at radius 2 is 2.03 bits per heavy atom. The number of sulfonamides is 1. The summed E-state index contributed by atoms with van der Waals surface area (Å²) in [5, 5.41) is 2.83. The van der Waals surface area contributed by atoms with Crippen LogP contribution in [0.25, 0.3) is 6.08 Å². The second kappa shape index (κ2) is 14.5. The van der Waals surface area contributed by atoms with Crippen molar-refractivity contribution in [3.05, 3.63) is 36.2 Å². The number of aromatic nitrogens is 1. The first-order valence-electron chi connectivity index (χ1n) is 12.4. The number of nitrogens with one attached hydrogen (secondary N) is 1. The van der Waals surface area contributed by atoms with Gasteiger partial charge in [-0.2, -0.15) is 0 Å². The average molecular weight is 495 g/mol. The van der Waals surface area contributed by atoms with Gasteiger partial charge in [0.05, 0.1) is 31.6 Å². The second-order valence-corrected chi connectivity index (χ2v) is 10.7. The van der Waals surface area contributed by atoms with E-state index in [0.29, 0.717) is 39.3 Å². The van der Waals surface area contributed by atoms with Gasteiger partial charge in [-0.1, -0.05) is 29.8 Å². The number of amides is 1. The zero-order valence-corrected chi connectivity index (χ0v) is 20.8. The molecule has 34 heavy (non-hydrogen) atoms. The number of carbonyl (C=O) groups is 1. The lowest BCUT2D eigenvalue weighted by Crippen LogP contribution is -2.43. The Kier molecular flexibility index (Phi) is 11.4. The molecule has 1 saturated heterocycles. The Morgan fingerprint density at radius 3 is 2.76 bits per heavy atom. The van der Waals surface area contributed by atoms with E-state index >= 15 is 0 Å². The fraction of sp³-hybridized carbons (Fsp3) is 0.667.